The molecule has 1 aromatic heterocycles. The Morgan fingerprint density at radius 3 is 2.27 bits per heavy atom. The Labute approximate surface area is 300 Å². The maximum absolute atomic E-state index is 4.26. The summed E-state index contributed by atoms with van der Waals surface area (Å²) in [7, 11) is 0. The highest BCUT2D eigenvalue weighted by Gasteiger charge is 2.52. The van der Waals surface area contributed by atoms with Gasteiger partial charge in [0.1, 0.15) is 0 Å². The summed E-state index contributed by atoms with van der Waals surface area (Å²) in [5, 5.41) is 2.48. The van der Waals surface area contributed by atoms with E-state index < -0.39 is 0 Å². The Hall–Kier alpha value is -6.12. The number of allylic oxidation sites excluding steroid dienone is 11. The Balaban J connectivity index is 1.43. The van der Waals surface area contributed by atoms with E-state index in [-0.39, 0.29) is 11.3 Å². The van der Waals surface area contributed by atoms with Crippen molar-refractivity contribution in [1.29, 1.82) is 0 Å². The lowest BCUT2D eigenvalue weighted by atomic mass is 9.63. The molecule has 3 unspecified atom stereocenters. The molecule has 0 fully saturated rings. The summed E-state index contributed by atoms with van der Waals surface area (Å²) in [6, 6.07) is 43.0. The van der Waals surface area contributed by atoms with Gasteiger partial charge >= 0.3 is 0 Å². The van der Waals surface area contributed by atoms with Gasteiger partial charge in [0, 0.05) is 40.5 Å². The molecule has 0 saturated carbocycles. The second-order valence-corrected chi connectivity index (χ2v) is 13.7. The summed E-state index contributed by atoms with van der Waals surface area (Å²) in [5.41, 5.74) is 12.1. The highest BCUT2D eigenvalue weighted by Crippen LogP contribution is 2.60. The van der Waals surface area contributed by atoms with Gasteiger partial charge in [-0.05, 0) is 76.7 Å². The SMILES string of the molecule is C=CC=C(C=C)n1c2ccc(C3(c4ccccc4)c4ccccc4C4C=CC=CC43)cc2c2c3c(ccc21)CC=CC=CCN3c1ccccc1. The summed E-state index contributed by atoms with van der Waals surface area (Å²) in [5.74, 6) is 0.528. The number of hydrogen-bond acceptors (Lipinski definition) is 1. The number of rotatable bonds is 6. The Bertz CT molecular complexity index is 2470. The molecule has 0 spiro atoms. The molecule has 3 aliphatic rings. The zero-order chi connectivity index (χ0) is 34.4. The molecule has 2 heteroatoms. The largest absolute Gasteiger partial charge is 0.337 e. The van der Waals surface area contributed by atoms with Gasteiger partial charge in [-0.2, -0.15) is 0 Å². The fourth-order valence-corrected chi connectivity index (χ4v) is 9.15. The summed E-state index contributed by atoms with van der Waals surface area (Å²) in [6.07, 6.45) is 24.9. The quantitative estimate of drug-likeness (QED) is 0.162. The van der Waals surface area contributed by atoms with Crippen LogP contribution < -0.4 is 4.90 Å². The Morgan fingerprint density at radius 2 is 1.45 bits per heavy atom. The van der Waals surface area contributed by atoms with E-state index >= 15 is 0 Å². The zero-order valence-corrected chi connectivity index (χ0v) is 28.7. The first-order valence-corrected chi connectivity index (χ1v) is 18.0. The zero-order valence-electron chi connectivity index (χ0n) is 28.7. The van der Waals surface area contributed by atoms with Gasteiger partial charge in [-0.25, -0.2) is 0 Å². The maximum atomic E-state index is 4.26. The maximum Gasteiger partial charge on any atom is 0.0562 e. The first-order valence-electron chi connectivity index (χ1n) is 18.0. The molecule has 0 saturated heterocycles. The minimum Gasteiger partial charge on any atom is -0.337 e. The van der Waals surface area contributed by atoms with Crippen LogP contribution in [-0.2, 0) is 11.8 Å². The number of para-hydroxylation sites is 1. The standard InChI is InChI=1S/C49H40N2/c1-3-19-38(4-2)51-45-32-30-37(49(36-21-10-7-11-22-36)43-27-16-14-25-40(43)41-26-15-17-28-44(41)49)34-42(45)47-46(51)31-29-35-20-9-5-6-18-33-50(48(35)47)39-23-12-8-13-24-39/h3-19,21-32,34,40,43H,1-2,20,33H2. The lowest BCUT2D eigenvalue weighted by Crippen LogP contribution is -2.35. The van der Waals surface area contributed by atoms with E-state index in [2.05, 4.69) is 193 Å². The molecule has 0 N–H and O–H groups in total. The first-order chi connectivity index (χ1) is 25.3. The van der Waals surface area contributed by atoms with Gasteiger partial charge in [0.2, 0.25) is 0 Å². The van der Waals surface area contributed by atoms with Gasteiger partial charge in [-0.1, -0.05) is 153 Å². The van der Waals surface area contributed by atoms with Crippen LogP contribution in [0.4, 0.5) is 11.4 Å². The van der Waals surface area contributed by atoms with E-state index in [1.165, 1.54) is 50.0 Å². The van der Waals surface area contributed by atoms with Crippen LogP contribution in [0, 0.1) is 5.92 Å². The van der Waals surface area contributed by atoms with Crippen LogP contribution in [0.5, 0.6) is 0 Å². The van der Waals surface area contributed by atoms with Crippen molar-refractivity contribution in [3.05, 3.63) is 223 Å². The average molecular weight is 657 g/mol. The molecule has 246 valence electrons. The van der Waals surface area contributed by atoms with Gasteiger partial charge in [0.15, 0.2) is 0 Å². The van der Waals surface area contributed by atoms with Crippen molar-refractivity contribution in [2.24, 2.45) is 5.92 Å². The van der Waals surface area contributed by atoms with Gasteiger partial charge in [0.25, 0.3) is 0 Å². The van der Waals surface area contributed by atoms with E-state index in [9.17, 15) is 0 Å². The summed E-state index contributed by atoms with van der Waals surface area (Å²) in [6.45, 7) is 9.09. The molecule has 2 nitrogen and oxygen atoms in total. The number of hydrogen-bond donors (Lipinski definition) is 0. The van der Waals surface area contributed by atoms with Crippen LogP contribution in [0.2, 0.25) is 0 Å². The molecule has 0 radical (unpaired) electrons. The van der Waals surface area contributed by atoms with Crippen molar-refractivity contribution in [3.63, 3.8) is 0 Å². The number of benzene rings is 5. The third kappa shape index (κ3) is 4.71. The van der Waals surface area contributed by atoms with E-state index in [1.54, 1.807) is 0 Å². The lowest BCUT2D eigenvalue weighted by Gasteiger charge is -2.39. The monoisotopic (exact) mass is 656 g/mol. The predicted molar refractivity (Wildman–Crippen MR) is 217 cm³/mol. The van der Waals surface area contributed by atoms with E-state index in [1.807, 2.05) is 12.2 Å². The third-order valence-electron chi connectivity index (χ3n) is 11.2. The van der Waals surface area contributed by atoms with Gasteiger partial charge in [-0.15, -0.1) is 0 Å². The van der Waals surface area contributed by atoms with Gasteiger partial charge in [0.05, 0.1) is 22.1 Å². The molecule has 3 atom stereocenters. The average Bonchev–Trinajstić information content (AvgIpc) is 3.71. The van der Waals surface area contributed by atoms with Crippen LogP contribution in [0.3, 0.4) is 0 Å². The van der Waals surface area contributed by atoms with Crippen LogP contribution in [0.1, 0.15) is 33.7 Å². The van der Waals surface area contributed by atoms with Crippen molar-refractivity contribution >= 4 is 38.9 Å². The fourth-order valence-electron chi connectivity index (χ4n) is 9.15. The predicted octanol–water partition coefficient (Wildman–Crippen LogP) is 12.0. The summed E-state index contributed by atoms with van der Waals surface area (Å²) < 4.78 is 2.37. The molecular weight excluding hydrogens is 617 g/mol. The first kappa shape index (κ1) is 30.9. The highest BCUT2D eigenvalue weighted by atomic mass is 15.1. The smallest absolute Gasteiger partial charge is 0.0562 e. The Morgan fingerprint density at radius 1 is 0.706 bits per heavy atom. The Kier molecular flexibility index (Phi) is 7.66. The number of fused-ring (bicyclic) bond motifs is 8. The topological polar surface area (TPSA) is 8.17 Å². The molecule has 2 heterocycles. The van der Waals surface area contributed by atoms with Crippen molar-refractivity contribution in [3.8, 4) is 0 Å². The molecular formula is C49H40N2. The minimum absolute atomic E-state index is 0.234. The number of anilines is 2. The number of nitrogens with zero attached hydrogens (tertiary/aromatic N) is 2. The van der Waals surface area contributed by atoms with Crippen molar-refractivity contribution in [2.45, 2.75) is 17.8 Å². The van der Waals surface area contributed by atoms with Crippen LogP contribution in [-0.4, -0.2) is 11.1 Å². The summed E-state index contributed by atoms with van der Waals surface area (Å²) >= 11 is 0. The van der Waals surface area contributed by atoms with Crippen molar-refractivity contribution in [2.75, 3.05) is 11.4 Å². The second kappa shape index (κ2) is 12.6. The van der Waals surface area contributed by atoms with Crippen LogP contribution >= 0.6 is 0 Å². The van der Waals surface area contributed by atoms with Crippen LogP contribution in [0.25, 0.3) is 27.5 Å². The number of aromatic nitrogens is 1. The third-order valence-corrected chi connectivity index (χ3v) is 11.2. The molecule has 9 rings (SSSR count). The normalized spacial score (nSPS) is 20.8. The summed E-state index contributed by atoms with van der Waals surface area (Å²) in [4.78, 5) is 2.49. The molecule has 5 aromatic carbocycles. The molecule has 51 heavy (non-hydrogen) atoms. The fraction of sp³-hybridized carbons (Fsp3) is 0.102. The highest BCUT2D eigenvalue weighted by molar-refractivity contribution is 6.17. The lowest BCUT2D eigenvalue weighted by molar-refractivity contribution is 0.457. The van der Waals surface area contributed by atoms with Crippen molar-refractivity contribution < 1.29 is 0 Å². The van der Waals surface area contributed by atoms with E-state index in [0.717, 1.165) is 29.7 Å². The van der Waals surface area contributed by atoms with Gasteiger partial charge in [-0.3, -0.25) is 0 Å². The molecule has 0 amide bonds. The molecule has 2 aliphatic carbocycles. The van der Waals surface area contributed by atoms with E-state index in [0.29, 0.717) is 5.92 Å². The second-order valence-electron chi connectivity index (χ2n) is 13.7. The van der Waals surface area contributed by atoms with E-state index in [4.69, 9.17) is 0 Å². The van der Waals surface area contributed by atoms with Gasteiger partial charge < -0.3 is 9.47 Å². The minimum atomic E-state index is -0.379. The molecule has 0 bridgehead atoms. The molecule has 1 aliphatic heterocycles. The van der Waals surface area contributed by atoms with Crippen LogP contribution in [0.15, 0.2) is 195 Å². The molecule has 6 aromatic rings. The van der Waals surface area contributed by atoms with Crippen molar-refractivity contribution in [1.82, 2.24) is 4.57 Å².